The van der Waals surface area contributed by atoms with Crippen LogP contribution >= 0.6 is 27.5 Å². The summed E-state index contributed by atoms with van der Waals surface area (Å²) in [6, 6.07) is 3.44. The van der Waals surface area contributed by atoms with Crippen molar-refractivity contribution in [1.82, 2.24) is 15.0 Å². The van der Waals surface area contributed by atoms with E-state index in [9.17, 15) is 4.79 Å². The van der Waals surface area contributed by atoms with E-state index in [1.807, 2.05) is 6.92 Å². The van der Waals surface area contributed by atoms with Gasteiger partial charge in [0.05, 0.1) is 10.7 Å². The van der Waals surface area contributed by atoms with E-state index in [4.69, 9.17) is 11.6 Å². The lowest BCUT2D eigenvalue weighted by molar-refractivity contribution is 0.859. The Hall–Kier alpha value is -1.20. The Bertz CT molecular complexity index is 610. The second kappa shape index (κ2) is 5.63. The average Bonchev–Trinajstić information content (AvgIpc) is 2.36. The fraction of sp³-hybridized carbons (Fsp3) is 0.250. The Morgan fingerprint density at radius 3 is 2.83 bits per heavy atom. The van der Waals surface area contributed by atoms with Crippen molar-refractivity contribution in [2.24, 2.45) is 0 Å². The number of halogens is 2. The van der Waals surface area contributed by atoms with E-state index in [2.05, 4.69) is 30.9 Å². The van der Waals surface area contributed by atoms with Gasteiger partial charge in [0, 0.05) is 6.20 Å². The first kappa shape index (κ1) is 13.2. The highest BCUT2D eigenvalue weighted by molar-refractivity contribution is 9.10. The Balaban J connectivity index is 2.51. The minimum absolute atomic E-state index is 0.194. The summed E-state index contributed by atoms with van der Waals surface area (Å²) < 4.78 is 0.488. The van der Waals surface area contributed by atoms with Gasteiger partial charge in [0.2, 0.25) is 0 Å². The molecule has 0 bridgehead atoms. The Morgan fingerprint density at radius 1 is 1.44 bits per heavy atom. The van der Waals surface area contributed by atoms with Gasteiger partial charge in [0.15, 0.2) is 5.82 Å². The molecule has 6 heteroatoms. The topological polar surface area (TPSA) is 58.6 Å². The summed E-state index contributed by atoms with van der Waals surface area (Å²) >= 11 is 9.03. The van der Waals surface area contributed by atoms with Crippen LogP contribution in [0.3, 0.4) is 0 Å². The molecule has 2 rings (SSSR count). The van der Waals surface area contributed by atoms with E-state index in [1.165, 1.54) is 6.20 Å². The number of rotatable bonds is 3. The molecule has 94 valence electrons. The van der Waals surface area contributed by atoms with Crippen molar-refractivity contribution < 1.29 is 0 Å². The average molecular weight is 329 g/mol. The number of hydrogen-bond acceptors (Lipinski definition) is 3. The third kappa shape index (κ3) is 2.79. The molecular weight excluding hydrogens is 318 g/mol. The van der Waals surface area contributed by atoms with Crippen molar-refractivity contribution >= 4 is 27.5 Å². The van der Waals surface area contributed by atoms with Gasteiger partial charge in [0.25, 0.3) is 5.56 Å². The molecule has 4 nitrogen and oxygen atoms in total. The van der Waals surface area contributed by atoms with Gasteiger partial charge >= 0.3 is 0 Å². The molecule has 0 aromatic carbocycles. The highest BCUT2D eigenvalue weighted by Gasteiger charge is 2.10. The van der Waals surface area contributed by atoms with E-state index >= 15 is 0 Å². The molecule has 0 saturated heterocycles. The predicted octanol–water partition coefficient (Wildman–Crippen LogP) is 3.20. The number of aromatic nitrogens is 3. The molecule has 0 atom stereocenters. The third-order valence-electron chi connectivity index (χ3n) is 2.39. The molecule has 0 amide bonds. The van der Waals surface area contributed by atoms with Crippen LogP contribution in [0.4, 0.5) is 0 Å². The molecule has 0 spiro atoms. The van der Waals surface area contributed by atoms with Gasteiger partial charge in [-0.1, -0.05) is 24.9 Å². The quantitative estimate of drug-likeness (QED) is 0.941. The van der Waals surface area contributed by atoms with Crippen LogP contribution in [0.2, 0.25) is 5.02 Å². The molecule has 18 heavy (non-hydrogen) atoms. The zero-order valence-electron chi connectivity index (χ0n) is 9.70. The SMILES string of the molecule is CCCc1nc(-c2ccc(Cl)cn2)[nH]c(=O)c1Br. The van der Waals surface area contributed by atoms with Gasteiger partial charge in [-0.05, 0) is 34.5 Å². The van der Waals surface area contributed by atoms with E-state index in [0.29, 0.717) is 21.0 Å². The number of aryl methyl sites for hydroxylation is 1. The maximum atomic E-state index is 11.8. The van der Waals surface area contributed by atoms with Crippen LogP contribution in [-0.2, 0) is 6.42 Å². The highest BCUT2D eigenvalue weighted by Crippen LogP contribution is 2.17. The molecule has 2 heterocycles. The van der Waals surface area contributed by atoms with Crippen LogP contribution in [0.25, 0.3) is 11.5 Å². The maximum absolute atomic E-state index is 11.8. The van der Waals surface area contributed by atoms with Crippen molar-refractivity contribution in [1.29, 1.82) is 0 Å². The number of hydrogen-bond donors (Lipinski definition) is 1. The Morgan fingerprint density at radius 2 is 2.22 bits per heavy atom. The lowest BCUT2D eigenvalue weighted by Crippen LogP contribution is -2.14. The van der Waals surface area contributed by atoms with Gasteiger partial charge in [0.1, 0.15) is 10.2 Å². The standard InChI is InChI=1S/C12H11BrClN3O/c1-2-3-8-10(13)12(18)17-11(16-8)9-5-4-7(14)6-15-9/h4-6H,2-3H2,1H3,(H,16,17,18). The van der Waals surface area contributed by atoms with Crippen molar-refractivity contribution in [2.45, 2.75) is 19.8 Å². The van der Waals surface area contributed by atoms with Crippen LogP contribution in [0.15, 0.2) is 27.6 Å². The van der Waals surface area contributed by atoms with Crippen molar-refractivity contribution in [3.8, 4) is 11.5 Å². The molecule has 0 radical (unpaired) electrons. The summed E-state index contributed by atoms with van der Waals surface area (Å²) in [6.07, 6.45) is 3.19. The Kier molecular flexibility index (Phi) is 4.14. The van der Waals surface area contributed by atoms with E-state index in [-0.39, 0.29) is 5.56 Å². The number of nitrogens with zero attached hydrogens (tertiary/aromatic N) is 2. The number of pyridine rings is 1. The largest absolute Gasteiger partial charge is 0.304 e. The molecule has 0 aliphatic heterocycles. The lowest BCUT2D eigenvalue weighted by Gasteiger charge is -2.05. The van der Waals surface area contributed by atoms with Gasteiger partial charge < -0.3 is 4.98 Å². The zero-order valence-corrected chi connectivity index (χ0v) is 12.0. The molecule has 2 aromatic rings. The number of nitrogens with one attached hydrogen (secondary N) is 1. The summed E-state index contributed by atoms with van der Waals surface area (Å²) in [5, 5.41) is 0.548. The normalized spacial score (nSPS) is 10.6. The lowest BCUT2D eigenvalue weighted by atomic mass is 10.2. The summed E-state index contributed by atoms with van der Waals surface area (Å²) in [5.74, 6) is 0.461. The van der Waals surface area contributed by atoms with Crippen molar-refractivity contribution in [3.05, 3.63) is 43.9 Å². The van der Waals surface area contributed by atoms with Crippen molar-refractivity contribution in [2.75, 3.05) is 0 Å². The summed E-state index contributed by atoms with van der Waals surface area (Å²) in [5.41, 5.74) is 1.15. The van der Waals surface area contributed by atoms with Gasteiger partial charge in [-0.2, -0.15) is 0 Å². The van der Waals surface area contributed by atoms with Gasteiger partial charge in [-0.3, -0.25) is 9.78 Å². The van der Waals surface area contributed by atoms with Crippen LogP contribution in [0.5, 0.6) is 0 Å². The fourth-order valence-corrected chi connectivity index (χ4v) is 2.04. The van der Waals surface area contributed by atoms with Gasteiger partial charge in [-0.15, -0.1) is 0 Å². The molecule has 0 aliphatic rings. The fourth-order valence-electron chi connectivity index (χ4n) is 1.55. The predicted molar refractivity (Wildman–Crippen MR) is 74.8 cm³/mol. The molecule has 0 fully saturated rings. The monoisotopic (exact) mass is 327 g/mol. The Labute approximate surface area is 118 Å². The molecule has 0 aliphatic carbocycles. The molecule has 1 N–H and O–H groups in total. The minimum Gasteiger partial charge on any atom is -0.304 e. The summed E-state index contributed by atoms with van der Waals surface area (Å²) in [4.78, 5) is 23.0. The first-order valence-corrected chi connectivity index (χ1v) is 6.69. The molecule has 0 unspecified atom stereocenters. The second-order valence-electron chi connectivity index (χ2n) is 3.79. The van der Waals surface area contributed by atoms with Crippen LogP contribution in [0.1, 0.15) is 19.0 Å². The number of aromatic amines is 1. The van der Waals surface area contributed by atoms with Crippen LogP contribution < -0.4 is 5.56 Å². The van der Waals surface area contributed by atoms with E-state index < -0.39 is 0 Å². The molecular formula is C12H11BrClN3O. The number of H-pyrrole nitrogens is 1. The first-order valence-electron chi connectivity index (χ1n) is 5.52. The molecule has 2 aromatic heterocycles. The minimum atomic E-state index is -0.194. The van der Waals surface area contributed by atoms with Crippen molar-refractivity contribution in [3.63, 3.8) is 0 Å². The van der Waals surface area contributed by atoms with Crippen LogP contribution in [0, 0.1) is 0 Å². The van der Waals surface area contributed by atoms with E-state index in [0.717, 1.165) is 18.5 Å². The maximum Gasteiger partial charge on any atom is 0.265 e. The van der Waals surface area contributed by atoms with Gasteiger partial charge in [-0.25, -0.2) is 4.98 Å². The van der Waals surface area contributed by atoms with E-state index in [1.54, 1.807) is 12.1 Å². The third-order valence-corrected chi connectivity index (χ3v) is 3.43. The smallest absolute Gasteiger partial charge is 0.265 e. The highest BCUT2D eigenvalue weighted by atomic mass is 79.9. The van der Waals surface area contributed by atoms with Crippen LogP contribution in [-0.4, -0.2) is 15.0 Å². The second-order valence-corrected chi connectivity index (χ2v) is 5.02. The first-order chi connectivity index (χ1) is 8.61. The zero-order chi connectivity index (χ0) is 13.1. The summed E-state index contributed by atoms with van der Waals surface area (Å²) in [7, 11) is 0. The summed E-state index contributed by atoms with van der Waals surface area (Å²) in [6.45, 7) is 2.04. The molecule has 0 saturated carbocycles.